The minimum atomic E-state index is -3.37. The van der Waals surface area contributed by atoms with E-state index in [1.54, 1.807) is 30.6 Å². The number of aromatic nitrogens is 2. The van der Waals surface area contributed by atoms with Crippen molar-refractivity contribution in [3.63, 3.8) is 0 Å². The van der Waals surface area contributed by atoms with Gasteiger partial charge in [0.25, 0.3) is 0 Å². The van der Waals surface area contributed by atoms with Gasteiger partial charge in [-0.05, 0) is 0 Å². The number of halogens is 2. The van der Waals surface area contributed by atoms with E-state index in [2.05, 4.69) is 45.2 Å². The molecule has 1 N–H and O–H groups in total. The summed E-state index contributed by atoms with van der Waals surface area (Å²) in [5.74, 6) is 0. The van der Waals surface area contributed by atoms with Gasteiger partial charge in [0.2, 0.25) is 0 Å². The number of hydrogen-bond acceptors (Lipinski definition) is 5. The van der Waals surface area contributed by atoms with Crippen molar-refractivity contribution in [3.05, 3.63) is 114 Å². The zero-order valence-corrected chi connectivity index (χ0v) is 24.5. The maximum atomic E-state index is 14.0. The van der Waals surface area contributed by atoms with Gasteiger partial charge in [0.1, 0.15) is 0 Å². The number of alkyl halides is 2. The summed E-state index contributed by atoms with van der Waals surface area (Å²) in [7, 11) is -3.37. The Morgan fingerprint density at radius 3 is 2.53 bits per heavy atom. The first-order chi connectivity index (χ1) is 17.5. The Morgan fingerprint density at radius 1 is 1.08 bits per heavy atom. The summed E-state index contributed by atoms with van der Waals surface area (Å²) in [5, 5.41) is 9.57. The minimum absolute atomic E-state index is 0.293. The standard InChI is InChI=1S/C27H25I2N4O2S/c30-16-22-11-12-27-23(13-22)15-29(36(34,35)26-9-5-2-6-10-26)28-24(14-21-7-3-1-4-8-21)18-33(27)19-25-17-31-20-32-25/h1-13,17,20,24H,14-15,18-19H2,(H,31,32)/q-1/t24-/m1/s1. The van der Waals surface area contributed by atoms with E-state index in [1.807, 2.05) is 36.5 Å². The molecule has 3 aromatic carbocycles. The van der Waals surface area contributed by atoms with Crippen molar-refractivity contribution in [2.75, 3.05) is 11.4 Å². The van der Waals surface area contributed by atoms with E-state index in [0.717, 1.165) is 29.9 Å². The van der Waals surface area contributed by atoms with Crippen LogP contribution in [0.3, 0.4) is 0 Å². The van der Waals surface area contributed by atoms with Gasteiger partial charge in [-0.2, -0.15) is 0 Å². The van der Waals surface area contributed by atoms with E-state index < -0.39 is 38.7 Å². The summed E-state index contributed by atoms with van der Waals surface area (Å²) in [6.07, 6.45) is 4.39. The fraction of sp³-hybridized carbons (Fsp3) is 0.185. The van der Waals surface area contributed by atoms with Crippen LogP contribution in [0, 0.1) is 11.3 Å². The van der Waals surface area contributed by atoms with Gasteiger partial charge in [-0.25, -0.2) is 0 Å². The van der Waals surface area contributed by atoms with Crippen LogP contribution in [0.4, 0.5) is 5.69 Å². The molecule has 9 heteroatoms. The van der Waals surface area contributed by atoms with Crippen LogP contribution >= 0.6 is 14.5 Å². The second kappa shape index (κ2) is 11.3. The van der Waals surface area contributed by atoms with Gasteiger partial charge >= 0.3 is 226 Å². The summed E-state index contributed by atoms with van der Waals surface area (Å²) in [4.78, 5) is 10.2. The van der Waals surface area contributed by atoms with Crippen LogP contribution in [-0.2, 0) is 24.4 Å². The molecule has 0 saturated heterocycles. The fourth-order valence-electron chi connectivity index (χ4n) is 4.19. The van der Waals surface area contributed by atoms with Gasteiger partial charge in [-0.1, -0.05) is 0 Å². The van der Waals surface area contributed by atoms with E-state index in [0.29, 0.717) is 25.4 Å². The number of rotatable bonds is 6. The van der Waals surface area contributed by atoms with E-state index in [1.165, 1.54) is 5.56 Å². The molecule has 1 aromatic heterocycles. The van der Waals surface area contributed by atoms with Crippen LogP contribution in [-0.4, -0.2) is 28.9 Å². The normalized spacial score (nSPS) is 17.2. The Balaban J connectivity index is 1.59. The van der Waals surface area contributed by atoms with Crippen molar-refractivity contribution in [1.82, 2.24) is 9.97 Å². The molecule has 6 nitrogen and oxygen atoms in total. The Kier molecular flexibility index (Phi) is 7.93. The fourth-order valence-corrected chi connectivity index (χ4v) is 37.4. The molecule has 0 saturated carbocycles. The first-order valence-electron chi connectivity index (χ1n) is 11.4. The van der Waals surface area contributed by atoms with Gasteiger partial charge < -0.3 is 0 Å². The summed E-state index contributed by atoms with van der Waals surface area (Å²) in [6, 6.07) is 27.3. The Bertz CT molecular complexity index is 1460. The zero-order valence-electron chi connectivity index (χ0n) is 19.4. The van der Waals surface area contributed by atoms with Crippen molar-refractivity contribution in [2.45, 2.75) is 26.2 Å². The van der Waals surface area contributed by atoms with Crippen LogP contribution in [0.1, 0.15) is 22.4 Å². The van der Waals surface area contributed by atoms with Crippen molar-refractivity contribution in [3.8, 4) is 6.07 Å². The van der Waals surface area contributed by atoms with E-state index in [4.69, 9.17) is 0 Å². The van der Waals surface area contributed by atoms with Gasteiger partial charge in [0.15, 0.2) is 0 Å². The van der Waals surface area contributed by atoms with Gasteiger partial charge in [-0.15, -0.1) is 0 Å². The molecule has 0 unspecified atom stereocenters. The number of fused-ring (bicyclic) bond motifs is 1. The molecule has 0 radical (unpaired) electrons. The number of nitrogens with one attached hydrogen (secondary N) is 1. The van der Waals surface area contributed by atoms with E-state index in [9.17, 15) is 13.7 Å². The molecule has 4 aromatic rings. The number of anilines is 1. The number of nitrogens with zero attached hydrogens (tertiary/aromatic N) is 3. The van der Waals surface area contributed by atoms with Crippen LogP contribution < -0.4 is 22.1 Å². The van der Waals surface area contributed by atoms with Crippen LogP contribution in [0.2, 0.25) is 0 Å². The average Bonchev–Trinajstić information content (AvgIpc) is 3.41. The quantitative estimate of drug-likeness (QED) is 0.188. The summed E-state index contributed by atoms with van der Waals surface area (Å²) < 4.78 is 28.8. The third kappa shape index (κ3) is 5.76. The number of imidazole rings is 1. The van der Waals surface area contributed by atoms with Crippen LogP contribution in [0.15, 0.2) is 96.3 Å². The molecule has 186 valence electrons. The zero-order chi connectivity index (χ0) is 25.0. The van der Waals surface area contributed by atoms with Crippen molar-refractivity contribution in [1.29, 1.82) is 5.26 Å². The topological polar surface area (TPSA) is 89.8 Å². The van der Waals surface area contributed by atoms with E-state index in [-0.39, 0.29) is 0 Å². The van der Waals surface area contributed by atoms with Gasteiger partial charge in [0, 0.05) is 0 Å². The van der Waals surface area contributed by atoms with E-state index >= 15 is 0 Å². The molecule has 0 spiro atoms. The van der Waals surface area contributed by atoms with Crippen LogP contribution in [0.25, 0.3) is 0 Å². The number of nitriles is 1. The monoisotopic (exact) mass is 723 g/mol. The molecule has 0 amide bonds. The van der Waals surface area contributed by atoms with Gasteiger partial charge in [-0.3, -0.25) is 0 Å². The first kappa shape index (κ1) is 25.2. The van der Waals surface area contributed by atoms with Crippen LogP contribution in [0.5, 0.6) is 0 Å². The SMILES string of the molecule is N#Cc1ccc2c(c1)CI(S(=O)(=O)c1ccccc1)[I-][C@H](Cc1ccccc1)CN2Cc1cnc[nH]1. The second-order valence-electron chi connectivity index (χ2n) is 8.44. The number of H-pyrrole nitrogens is 1. The Morgan fingerprint density at radius 2 is 1.83 bits per heavy atom. The van der Waals surface area contributed by atoms with Gasteiger partial charge in [0.05, 0.1) is 0 Å². The third-order valence-corrected chi connectivity index (χ3v) is 38.4. The summed E-state index contributed by atoms with van der Waals surface area (Å²) in [5.41, 5.74) is 4.84. The molecule has 0 bridgehead atoms. The van der Waals surface area contributed by atoms with Crippen molar-refractivity contribution >= 4 is 27.2 Å². The maximum absolute atomic E-state index is 14.0. The molecule has 1 aliphatic heterocycles. The predicted molar refractivity (Wildman–Crippen MR) is 146 cm³/mol. The molecule has 1 aliphatic rings. The molecule has 36 heavy (non-hydrogen) atoms. The first-order valence-corrected chi connectivity index (χ1v) is 24.5. The summed E-state index contributed by atoms with van der Waals surface area (Å²) in [6.45, 7) is 1.44. The number of benzene rings is 3. The second-order valence-corrected chi connectivity index (χ2v) is 33.8. The molecule has 1 atom stereocenters. The number of hydrogen-bond donors (Lipinski definition) is 1. The molecule has 0 aliphatic carbocycles. The Hall–Kier alpha value is -2.43. The Labute approximate surface area is 223 Å². The van der Waals surface area contributed by atoms with Crippen molar-refractivity contribution < 1.29 is 25.6 Å². The molecule has 0 fully saturated rings. The molecular weight excluding hydrogens is 698 g/mol. The predicted octanol–water partition coefficient (Wildman–Crippen LogP) is 2.31. The third-order valence-electron chi connectivity index (χ3n) is 5.89. The summed E-state index contributed by atoms with van der Waals surface area (Å²) >= 11 is -3.13. The molecule has 5 rings (SSSR count). The molecule has 2 heterocycles. The number of aromatic amines is 1. The van der Waals surface area contributed by atoms with Crippen molar-refractivity contribution in [2.24, 2.45) is 0 Å². The average molecular weight is 723 g/mol. The molecular formula is C27H25I2N4O2S-.